The monoisotopic (exact) mass is 352 g/mol. The number of benzene rings is 1. The quantitative estimate of drug-likeness (QED) is 0.898. The Morgan fingerprint density at radius 3 is 2.71 bits per heavy atom. The van der Waals surface area contributed by atoms with Gasteiger partial charge in [0.05, 0.1) is 24.7 Å². The van der Waals surface area contributed by atoms with Gasteiger partial charge in [-0.25, -0.2) is 9.67 Å². The van der Waals surface area contributed by atoms with Crippen LogP contribution in [0.15, 0.2) is 29.0 Å². The number of nitrogens with one attached hydrogen (secondary N) is 1. The Hall–Kier alpha value is -1.40. The maximum atomic E-state index is 5.23. The van der Waals surface area contributed by atoms with Gasteiger partial charge in [0.2, 0.25) is 0 Å². The van der Waals surface area contributed by atoms with E-state index >= 15 is 0 Å². The molecule has 1 N–H and O–H groups in total. The van der Waals surface area contributed by atoms with Crippen molar-refractivity contribution in [1.29, 1.82) is 0 Å². The third kappa shape index (κ3) is 4.82. The van der Waals surface area contributed by atoms with Gasteiger partial charge in [0, 0.05) is 5.54 Å². The first-order chi connectivity index (χ1) is 9.87. The summed E-state index contributed by atoms with van der Waals surface area (Å²) < 4.78 is 8.01. The molecule has 0 fully saturated rings. The van der Waals surface area contributed by atoms with Gasteiger partial charge in [-0.15, -0.1) is 0 Å². The molecule has 0 aliphatic carbocycles. The molecule has 0 atom stereocenters. The maximum Gasteiger partial charge on any atom is 0.164 e. The van der Waals surface area contributed by atoms with E-state index in [1.807, 2.05) is 22.9 Å². The summed E-state index contributed by atoms with van der Waals surface area (Å²) in [6, 6.07) is 6.00. The molecule has 0 unspecified atom stereocenters. The van der Waals surface area contributed by atoms with Gasteiger partial charge in [-0.3, -0.25) is 0 Å². The molecule has 21 heavy (non-hydrogen) atoms. The molecule has 0 amide bonds. The van der Waals surface area contributed by atoms with Crippen LogP contribution in [0.4, 0.5) is 0 Å². The number of halogens is 1. The lowest BCUT2D eigenvalue weighted by molar-refractivity contribution is 0.412. The molecule has 114 valence electrons. The fraction of sp³-hybridized carbons (Fsp3) is 0.467. The first-order valence-electron chi connectivity index (χ1n) is 6.83. The van der Waals surface area contributed by atoms with E-state index in [-0.39, 0.29) is 5.54 Å². The molecule has 1 aromatic carbocycles. The molecule has 2 aromatic rings. The Labute approximate surface area is 133 Å². The van der Waals surface area contributed by atoms with Crippen molar-refractivity contribution >= 4 is 15.9 Å². The number of hydrogen-bond donors (Lipinski definition) is 1. The largest absolute Gasteiger partial charge is 0.496 e. The molecule has 0 saturated carbocycles. The van der Waals surface area contributed by atoms with Crippen LogP contribution in [0.25, 0.3) is 0 Å². The standard InChI is InChI=1S/C15H21BrN4O/c1-15(2,3)18-8-14-17-10-20(19-14)9-11-5-6-13(21-4)12(16)7-11/h5-7,10,18H,8-9H2,1-4H3. The highest BCUT2D eigenvalue weighted by Gasteiger charge is 2.10. The lowest BCUT2D eigenvalue weighted by atomic mass is 10.1. The Morgan fingerprint density at radius 2 is 2.10 bits per heavy atom. The molecule has 6 heteroatoms. The summed E-state index contributed by atoms with van der Waals surface area (Å²) in [7, 11) is 1.66. The van der Waals surface area contributed by atoms with Crippen LogP contribution in [-0.2, 0) is 13.1 Å². The minimum Gasteiger partial charge on any atom is -0.496 e. The molecular formula is C15H21BrN4O. The zero-order chi connectivity index (χ0) is 15.5. The second-order valence-corrected chi connectivity index (χ2v) is 6.79. The van der Waals surface area contributed by atoms with E-state index in [4.69, 9.17) is 4.74 Å². The predicted octanol–water partition coefficient (Wildman–Crippen LogP) is 2.99. The van der Waals surface area contributed by atoms with Gasteiger partial charge in [-0.2, -0.15) is 5.10 Å². The van der Waals surface area contributed by atoms with Crippen LogP contribution >= 0.6 is 15.9 Å². The SMILES string of the molecule is COc1ccc(Cn2cnc(CNC(C)(C)C)n2)cc1Br. The summed E-state index contributed by atoms with van der Waals surface area (Å²) in [6.07, 6.45) is 1.76. The highest BCUT2D eigenvalue weighted by atomic mass is 79.9. The smallest absolute Gasteiger partial charge is 0.164 e. The first-order valence-corrected chi connectivity index (χ1v) is 7.62. The summed E-state index contributed by atoms with van der Waals surface area (Å²) in [5, 5.41) is 7.85. The second kappa shape index (κ2) is 6.58. The predicted molar refractivity (Wildman–Crippen MR) is 86.4 cm³/mol. The van der Waals surface area contributed by atoms with Gasteiger partial charge in [0.15, 0.2) is 5.82 Å². The maximum absolute atomic E-state index is 5.23. The van der Waals surface area contributed by atoms with Crippen molar-refractivity contribution in [3.8, 4) is 5.75 Å². The summed E-state index contributed by atoms with van der Waals surface area (Å²) >= 11 is 3.49. The van der Waals surface area contributed by atoms with E-state index in [0.717, 1.165) is 21.6 Å². The first kappa shape index (κ1) is 16.0. The number of aromatic nitrogens is 3. The lowest BCUT2D eigenvalue weighted by Crippen LogP contribution is -2.35. The van der Waals surface area contributed by atoms with Crippen LogP contribution in [0.3, 0.4) is 0 Å². The molecule has 0 saturated heterocycles. The van der Waals surface area contributed by atoms with Crippen LogP contribution in [0, 0.1) is 0 Å². The van der Waals surface area contributed by atoms with E-state index in [1.54, 1.807) is 13.4 Å². The summed E-state index contributed by atoms with van der Waals surface area (Å²) in [5.41, 5.74) is 1.20. The van der Waals surface area contributed by atoms with E-state index in [9.17, 15) is 0 Å². The highest BCUT2D eigenvalue weighted by molar-refractivity contribution is 9.10. The molecule has 1 aromatic heterocycles. The van der Waals surface area contributed by atoms with E-state index in [2.05, 4.69) is 52.1 Å². The van der Waals surface area contributed by atoms with Crippen molar-refractivity contribution < 1.29 is 4.74 Å². The third-order valence-corrected chi connectivity index (χ3v) is 3.54. The third-order valence-electron chi connectivity index (χ3n) is 2.92. The molecule has 1 heterocycles. The molecule has 5 nitrogen and oxygen atoms in total. The minimum atomic E-state index is 0.0618. The van der Waals surface area contributed by atoms with Crippen LogP contribution in [0.2, 0.25) is 0 Å². The van der Waals surface area contributed by atoms with E-state index < -0.39 is 0 Å². The van der Waals surface area contributed by atoms with Gasteiger partial charge in [-0.1, -0.05) is 6.07 Å². The molecule has 0 spiro atoms. The van der Waals surface area contributed by atoms with E-state index in [1.165, 1.54) is 0 Å². The highest BCUT2D eigenvalue weighted by Crippen LogP contribution is 2.25. The molecule has 0 radical (unpaired) electrons. The van der Waals surface area contributed by atoms with Crippen molar-refractivity contribution in [2.24, 2.45) is 0 Å². The lowest BCUT2D eigenvalue weighted by Gasteiger charge is -2.19. The summed E-state index contributed by atoms with van der Waals surface area (Å²) in [4.78, 5) is 4.32. The van der Waals surface area contributed by atoms with E-state index in [0.29, 0.717) is 13.1 Å². The number of methoxy groups -OCH3 is 1. The fourth-order valence-electron chi connectivity index (χ4n) is 1.83. The number of ether oxygens (including phenoxy) is 1. The van der Waals surface area contributed by atoms with Crippen LogP contribution < -0.4 is 10.1 Å². The summed E-state index contributed by atoms with van der Waals surface area (Å²) in [6.45, 7) is 7.73. The number of rotatable bonds is 5. The fourth-order valence-corrected chi connectivity index (χ4v) is 2.42. The molecular weight excluding hydrogens is 332 g/mol. The molecule has 2 rings (SSSR count). The average molecular weight is 353 g/mol. The Bertz CT molecular complexity index is 604. The van der Waals surface area contributed by atoms with Gasteiger partial charge in [0.25, 0.3) is 0 Å². The van der Waals surface area contributed by atoms with Crippen molar-refractivity contribution in [3.63, 3.8) is 0 Å². The molecule has 0 bridgehead atoms. The van der Waals surface area contributed by atoms with Crippen LogP contribution in [-0.4, -0.2) is 27.4 Å². The van der Waals surface area contributed by atoms with Crippen LogP contribution in [0.5, 0.6) is 5.75 Å². The van der Waals surface area contributed by atoms with Gasteiger partial charge in [-0.05, 0) is 54.4 Å². The van der Waals surface area contributed by atoms with Crippen molar-refractivity contribution in [2.45, 2.75) is 39.4 Å². The Kier molecular flexibility index (Phi) is 5.00. The van der Waals surface area contributed by atoms with Gasteiger partial charge < -0.3 is 10.1 Å². The average Bonchev–Trinajstić information content (AvgIpc) is 2.83. The summed E-state index contributed by atoms with van der Waals surface area (Å²) in [5.74, 6) is 1.63. The van der Waals surface area contributed by atoms with Gasteiger partial charge >= 0.3 is 0 Å². The number of hydrogen-bond acceptors (Lipinski definition) is 4. The minimum absolute atomic E-state index is 0.0618. The second-order valence-electron chi connectivity index (χ2n) is 5.93. The topological polar surface area (TPSA) is 52.0 Å². The zero-order valence-corrected chi connectivity index (χ0v) is 14.4. The van der Waals surface area contributed by atoms with Crippen LogP contribution in [0.1, 0.15) is 32.2 Å². The molecule has 0 aliphatic heterocycles. The van der Waals surface area contributed by atoms with Crippen molar-refractivity contribution in [3.05, 3.63) is 40.4 Å². The van der Waals surface area contributed by atoms with Crippen molar-refractivity contribution in [2.75, 3.05) is 7.11 Å². The van der Waals surface area contributed by atoms with Crippen molar-refractivity contribution in [1.82, 2.24) is 20.1 Å². The Balaban J connectivity index is 2.00. The van der Waals surface area contributed by atoms with Gasteiger partial charge in [0.1, 0.15) is 12.1 Å². The Morgan fingerprint density at radius 1 is 1.33 bits per heavy atom. The molecule has 0 aliphatic rings. The number of nitrogens with zero attached hydrogens (tertiary/aromatic N) is 3. The zero-order valence-electron chi connectivity index (χ0n) is 12.9. The normalized spacial score (nSPS) is 11.7.